The molecule has 12 rings (SSSR count). The van der Waals surface area contributed by atoms with Crippen molar-refractivity contribution in [1.82, 2.24) is 0 Å². The van der Waals surface area contributed by atoms with Gasteiger partial charge in [0.15, 0.2) is 0 Å². The fourth-order valence-corrected chi connectivity index (χ4v) is 9.51. The van der Waals surface area contributed by atoms with Crippen LogP contribution in [0.3, 0.4) is 0 Å². The summed E-state index contributed by atoms with van der Waals surface area (Å²) in [5, 5.41) is 8.51. The molecule has 0 bridgehead atoms. The number of nitrogens with zero attached hydrogens (tertiary/aromatic N) is 1. The van der Waals surface area contributed by atoms with Crippen LogP contribution >= 0.6 is 0 Å². The predicted molar refractivity (Wildman–Crippen MR) is 271 cm³/mol. The molecule has 1 heterocycles. The SMILES string of the molecule is c1ccc(-c2ccccc2-c2ccc(N(c3ccc(-c4ccc5c(ccc6ccccc65)c4)cc3)c3ccc(-c4cccc(-c5cc6ccccc6o5)c4)c4ccccc34)cc2)cc1. The van der Waals surface area contributed by atoms with E-state index in [2.05, 4.69) is 241 Å². The lowest BCUT2D eigenvalue weighted by Crippen LogP contribution is -2.10. The summed E-state index contributed by atoms with van der Waals surface area (Å²) in [6.07, 6.45) is 0. The Balaban J connectivity index is 0.968. The Hall–Kier alpha value is -8.46. The lowest BCUT2D eigenvalue weighted by atomic mass is 9.94. The quantitative estimate of drug-likeness (QED) is 0.142. The van der Waals surface area contributed by atoms with Gasteiger partial charge in [-0.25, -0.2) is 0 Å². The first-order valence-corrected chi connectivity index (χ1v) is 21.9. The number of furan rings is 1. The van der Waals surface area contributed by atoms with E-state index >= 15 is 0 Å². The third-order valence-electron chi connectivity index (χ3n) is 12.7. The minimum Gasteiger partial charge on any atom is -0.456 e. The van der Waals surface area contributed by atoms with E-state index in [4.69, 9.17) is 4.42 Å². The highest BCUT2D eigenvalue weighted by Gasteiger charge is 2.19. The topological polar surface area (TPSA) is 16.4 Å². The van der Waals surface area contributed by atoms with E-state index in [1.807, 2.05) is 12.1 Å². The lowest BCUT2D eigenvalue weighted by Gasteiger charge is -2.28. The van der Waals surface area contributed by atoms with Gasteiger partial charge < -0.3 is 9.32 Å². The third-order valence-corrected chi connectivity index (χ3v) is 12.7. The van der Waals surface area contributed by atoms with Crippen LogP contribution in [0, 0.1) is 0 Å². The molecule has 0 radical (unpaired) electrons. The monoisotopic (exact) mass is 815 g/mol. The van der Waals surface area contributed by atoms with Crippen LogP contribution in [0.2, 0.25) is 0 Å². The van der Waals surface area contributed by atoms with Crippen molar-refractivity contribution in [2.45, 2.75) is 0 Å². The molecule has 0 aliphatic rings. The maximum Gasteiger partial charge on any atom is 0.135 e. The Bertz CT molecular complexity index is 3620. The second-order valence-corrected chi connectivity index (χ2v) is 16.5. The number of rotatable bonds is 8. The van der Waals surface area contributed by atoms with E-state index < -0.39 is 0 Å². The zero-order chi connectivity index (χ0) is 42.4. The Morgan fingerprint density at radius 3 is 1.59 bits per heavy atom. The number of fused-ring (bicyclic) bond motifs is 5. The second-order valence-electron chi connectivity index (χ2n) is 16.5. The summed E-state index contributed by atoms with van der Waals surface area (Å²) in [6, 6.07) is 89.7. The van der Waals surface area contributed by atoms with Gasteiger partial charge in [-0.2, -0.15) is 0 Å². The first-order valence-electron chi connectivity index (χ1n) is 21.9. The predicted octanol–water partition coefficient (Wildman–Crippen LogP) is 17.7. The van der Waals surface area contributed by atoms with Crippen molar-refractivity contribution in [2.24, 2.45) is 0 Å². The van der Waals surface area contributed by atoms with Crippen LogP contribution in [-0.4, -0.2) is 0 Å². The Morgan fingerprint density at radius 1 is 0.266 bits per heavy atom. The molecule has 0 fully saturated rings. The first kappa shape index (κ1) is 37.3. The molecule has 0 atom stereocenters. The van der Waals surface area contributed by atoms with E-state index in [1.54, 1.807) is 0 Å². The fourth-order valence-electron chi connectivity index (χ4n) is 9.51. The number of benzene rings is 11. The van der Waals surface area contributed by atoms with E-state index in [0.29, 0.717) is 0 Å². The molecule has 0 aliphatic carbocycles. The van der Waals surface area contributed by atoms with E-state index in [-0.39, 0.29) is 0 Å². The van der Waals surface area contributed by atoms with Crippen molar-refractivity contribution in [3.8, 4) is 55.8 Å². The number of anilines is 3. The molecule has 0 saturated heterocycles. The molecule has 0 spiro atoms. The minimum atomic E-state index is 0.866. The summed E-state index contributed by atoms with van der Waals surface area (Å²) < 4.78 is 6.31. The van der Waals surface area contributed by atoms with Crippen molar-refractivity contribution in [3.63, 3.8) is 0 Å². The average Bonchev–Trinajstić information content (AvgIpc) is 3.82. The van der Waals surface area contributed by atoms with Crippen LogP contribution in [0.15, 0.2) is 253 Å². The Labute approximate surface area is 372 Å². The number of hydrogen-bond acceptors (Lipinski definition) is 2. The molecule has 1 aromatic heterocycles. The minimum absolute atomic E-state index is 0.866. The van der Waals surface area contributed by atoms with Crippen LogP contribution in [0.25, 0.3) is 99.1 Å². The van der Waals surface area contributed by atoms with Crippen molar-refractivity contribution in [3.05, 3.63) is 249 Å². The van der Waals surface area contributed by atoms with Crippen molar-refractivity contribution >= 4 is 60.3 Å². The van der Waals surface area contributed by atoms with Crippen LogP contribution < -0.4 is 4.90 Å². The molecule has 300 valence electrons. The third kappa shape index (κ3) is 6.70. The Morgan fingerprint density at radius 2 is 0.828 bits per heavy atom. The maximum atomic E-state index is 6.31. The van der Waals surface area contributed by atoms with Gasteiger partial charge in [0.25, 0.3) is 0 Å². The van der Waals surface area contributed by atoms with Gasteiger partial charge in [0, 0.05) is 27.7 Å². The highest BCUT2D eigenvalue weighted by atomic mass is 16.3. The molecule has 0 saturated carbocycles. The molecule has 0 amide bonds. The van der Waals surface area contributed by atoms with Gasteiger partial charge in [-0.1, -0.05) is 194 Å². The zero-order valence-corrected chi connectivity index (χ0v) is 35.0. The molecule has 12 aromatic rings. The normalized spacial score (nSPS) is 11.4. The zero-order valence-electron chi connectivity index (χ0n) is 35.0. The summed E-state index contributed by atoms with van der Waals surface area (Å²) in [4.78, 5) is 2.40. The molecule has 64 heavy (non-hydrogen) atoms. The molecular weight excluding hydrogens is 775 g/mol. The summed E-state index contributed by atoms with van der Waals surface area (Å²) in [5.41, 5.74) is 14.7. The van der Waals surface area contributed by atoms with Gasteiger partial charge in [0.2, 0.25) is 0 Å². The standard InChI is InChI=1S/C62H41NO/c1-2-13-43(14-3-1)53-20-7-8-21-55(53)45-29-34-52(35-30-45)63(51-32-27-42(28-33-51)46-31-36-56-48(39-46)26-25-44-15-4-6-19-54(44)56)60-38-37-57(58-22-9-10-23-59(58)60)47-17-12-18-49(40-47)62-41-50-16-5-11-24-61(50)64-62/h1-41H. The summed E-state index contributed by atoms with van der Waals surface area (Å²) >= 11 is 0. The van der Waals surface area contributed by atoms with E-state index in [9.17, 15) is 0 Å². The van der Waals surface area contributed by atoms with Gasteiger partial charge in [-0.3, -0.25) is 0 Å². The maximum absolute atomic E-state index is 6.31. The Kier molecular flexibility index (Phi) is 9.20. The molecule has 0 aliphatic heterocycles. The van der Waals surface area contributed by atoms with Crippen LogP contribution in [0.4, 0.5) is 17.1 Å². The summed E-state index contributed by atoms with van der Waals surface area (Å²) in [7, 11) is 0. The van der Waals surface area contributed by atoms with Crippen molar-refractivity contribution < 1.29 is 4.42 Å². The molecular formula is C62H41NO. The number of para-hydroxylation sites is 1. The molecule has 2 heteroatoms. The van der Waals surface area contributed by atoms with Crippen LogP contribution in [0.5, 0.6) is 0 Å². The first-order chi connectivity index (χ1) is 31.7. The van der Waals surface area contributed by atoms with Gasteiger partial charge in [-0.15, -0.1) is 0 Å². The molecule has 11 aromatic carbocycles. The summed E-state index contributed by atoms with van der Waals surface area (Å²) in [6.45, 7) is 0. The van der Waals surface area contributed by atoms with Crippen molar-refractivity contribution in [2.75, 3.05) is 4.90 Å². The second kappa shape index (κ2) is 15.8. The van der Waals surface area contributed by atoms with Crippen molar-refractivity contribution in [1.29, 1.82) is 0 Å². The average molecular weight is 816 g/mol. The largest absolute Gasteiger partial charge is 0.456 e. The van der Waals surface area contributed by atoms with Gasteiger partial charge in [-0.05, 0) is 126 Å². The van der Waals surface area contributed by atoms with Gasteiger partial charge >= 0.3 is 0 Å². The van der Waals surface area contributed by atoms with E-state index in [1.165, 1.54) is 71.3 Å². The van der Waals surface area contributed by atoms with Crippen LogP contribution in [-0.2, 0) is 0 Å². The van der Waals surface area contributed by atoms with E-state index in [0.717, 1.165) is 44.9 Å². The smallest absolute Gasteiger partial charge is 0.135 e. The highest BCUT2D eigenvalue weighted by molar-refractivity contribution is 6.09. The van der Waals surface area contributed by atoms with Gasteiger partial charge in [0.1, 0.15) is 11.3 Å². The summed E-state index contributed by atoms with van der Waals surface area (Å²) in [5.74, 6) is 0.866. The molecule has 2 nitrogen and oxygen atoms in total. The lowest BCUT2D eigenvalue weighted by molar-refractivity contribution is 0.631. The van der Waals surface area contributed by atoms with Crippen LogP contribution in [0.1, 0.15) is 0 Å². The number of hydrogen-bond donors (Lipinski definition) is 0. The molecule has 0 N–H and O–H groups in total. The molecule has 0 unspecified atom stereocenters. The fraction of sp³-hybridized carbons (Fsp3) is 0. The van der Waals surface area contributed by atoms with Gasteiger partial charge in [0.05, 0.1) is 5.69 Å². The highest BCUT2D eigenvalue weighted by Crippen LogP contribution is 2.44.